The number of carbonyl (C=O) groups is 2. The molecule has 0 aliphatic rings. The number of fused-ring (bicyclic) bond motifs is 1. The molecule has 0 aliphatic carbocycles. The topological polar surface area (TPSA) is 171 Å². The lowest BCUT2D eigenvalue weighted by atomic mass is 9.95. The number of aromatic amines is 1. The lowest BCUT2D eigenvalue weighted by Gasteiger charge is -2.20. The lowest BCUT2D eigenvalue weighted by molar-refractivity contribution is -0.139. The maximum absolute atomic E-state index is 12.4. The SMILES string of the molecule is COCCOCOc1c(-c2cccc(CNC(=O)OC(C)(C)C)c2)cc(CC(=O)OC)cc1-c1nc2ccc(C(=N)N)cc2[nH]1. The van der Waals surface area contributed by atoms with E-state index in [1.54, 1.807) is 46.1 Å². The number of nitrogen functional groups attached to an aromatic ring is 1. The highest BCUT2D eigenvalue weighted by molar-refractivity contribution is 5.98. The van der Waals surface area contributed by atoms with Crippen molar-refractivity contribution in [1.82, 2.24) is 15.3 Å². The Morgan fingerprint density at radius 3 is 2.49 bits per heavy atom. The number of ether oxygens (including phenoxy) is 5. The van der Waals surface area contributed by atoms with E-state index in [9.17, 15) is 9.59 Å². The minimum Gasteiger partial charge on any atom is -0.469 e. The summed E-state index contributed by atoms with van der Waals surface area (Å²) in [7, 11) is 2.93. The molecule has 1 aromatic heterocycles. The Bertz CT molecular complexity index is 1680. The van der Waals surface area contributed by atoms with Crippen molar-refractivity contribution >= 4 is 28.9 Å². The molecule has 5 N–H and O–H groups in total. The first kappa shape index (κ1) is 33.0. The Balaban J connectivity index is 1.81. The zero-order chi connectivity index (χ0) is 32.6. The van der Waals surface area contributed by atoms with E-state index in [4.69, 9.17) is 39.8 Å². The van der Waals surface area contributed by atoms with Crippen molar-refractivity contribution in [2.45, 2.75) is 39.3 Å². The van der Waals surface area contributed by atoms with Gasteiger partial charge in [-0.15, -0.1) is 0 Å². The van der Waals surface area contributed by atoms with Crippen LogP contribution >= 0.6 is 0 Å². The Kier molecular flexibility index (Phi) is 10.8. The number of amides is 1. The third-order valence-corrected chi connectivity index (χ3v) is 6.56. The summed E-state index contributed by atoms with van der Waals surface area (Å²) in [6.45, 7) is 6.29. The Morgan fingerprint density at radius 1 is 1.00 bits per heavy atom. The first-order valence-electron chi connectivity index (χ1n) is 14.3. The molecule has 238 valence electrons. The fourth-order valence-corrected chi connectivity index (χ4v) is 4.52. The molecule has 0 aliphatic heterocycles. The van der Waals surface area contributed by atoms with Crippen molar-refractivity contribution in [2.75, 3.05) is 34.2 Å². The number of nitrogens with one attached hydrogen (secondary N) is 3. The number of imidazole rings is 1. The molecule has 0 saturated carbocycles. The molecule has 3 aromatic carbocycles. The fourth-order valence-electron chi connectivity index (χ4n) is 4.52. The molecule has 1 amide bonds. The van der Waals surface area contributed by atoms with Crippen molar-refractivity contribution in [3.05, 3.63) is 71.3 Å². The minimum absolute atomic E-state index is 0.00964. The van der Waals surface area contributed by atoms with E-state index in [2.05, 4.69) is 10.3 Å². The quantitative estimate of drug-likeness (QED) is 0.0534. The molecule has 4 rings (SSSR count). The number of hydrogen-bond acceptors (Lipinski definition) is 9. The second-order valence-corrected chi connectivity index (χ2v) is 11.2. The monoisotopic (exact) mass is 617 g/mol. The van der Waals surface area contributed by atoms with Gasteiger partial charge in [0.2, 0.25) is 0 Å². The number of esters is 1. The van der Waals surface area contributed by atoms with Crippen molar-refractivity contribution < 1.29 is 33.3 Å². The smallest absolute Gasteiger partial charge is 0.407 e. The van der Waals surface area contributed by atoms with Gasteiger partial charge in [0.25, 0.3) is 0 Å². The van der Waals surface area contributed by atoms with Gasteiger partial charge in [0, 0.05) is 24.8 Å². The number of H-pyrrole nitrogens is 1. The highest BCUT2D eigenvalue weighted by Gasteiger charge is 2.21. The number of alkyl carbamates (subject to hydrolysis) is 1. The van der Waals surface area contributed by atoms with Gasteiger partial charge in [0.15, 0.2) is 6.79 Å². The maximum atomic E-state index is 12.4. The Morgan fingerprint density at radius 2 is 1.78 bits per heavy atom. The van der Waals surface area contributed by atoms with Crippen molar-refractivity contribution in [2.24, 2.45) is 5.73 Å². The molecule has 4 aromatic rings. The van der Waals surface area contributed by atoms with Crippen LogP contribution in [0, 0.1) is 5.41 Å². The molecule has 12 nitrogen and oxygen atoms in total. The number of amidine groups is 1. The summed E-state index contributed by atoms with van der Waals surface area (Å²) in [6, 6.07) is 16.5. The molecule has 0 radical (unpaired) electrons. The summed E-state index contributed by atoms with van der Waals surface area (Å²) in [4.78, 5) is 32.8. The molecule has 1 heterocycles. The molecule has 12 heteroatoms. The van der Waals surface area contributed by atoms with Crippen molar-refractivity contribution in [3.8, 4) is 28.3 Å². The summed E-state index contributed by atoms with van der Waals surface area (Å²) in [5.41, 5.74) is 10.5. The van der Waals surface area contributed by atoms with Crippen LogP contribution in [0.1, 0.15) is 37.5 Å². The Hall–Kier alpha value is -4.94. The van der Waals surface area contributed by atoms with Crippen LogP contribution in [0.2, 0.25) is 0 Å². The number of aromatic nitrogens is 2. The van der Waals surface area contributed by atoms with Gasteiger partial charge in [-0.1, -0.05) is 18.2 Å². The second-order valence-electron chi connectivity index (χ2n) is 11.2. The average molecular weight is 618 g/mol. The first-order valence-corrected chi connectivity index (χ1v) is 14.3. The number of methoxy groups -OCH3 is 2. The summed E-state index contributed by atoms with van der Waals surface area (Å²) >= 11 is 0. The average Bonchev–Trinajstić information content (AvgIpc) is 3.43. The normalized spacial score (nSPS) is 11.3. The summed E-state index contributed by atoms with van der Waals surface area (Å²) in [6.07, 6.45) is -0.513. The van der Waals surface area contributed by atoms with E-state index >= 15 is 0 Å². The number of hydrogen-bond donors (Lipinski definition) is 4. The fraction of sp³-hybridized carbons (Fsp3) is 0.333. The predicted octanol–water partition coefficient (Wildman–Crippen LogP) is 4.92. The van der Waals surface area contributed by atoms with Crippen LogP contribution in [0.5, 0.6) is 5.75 Å². The molecule has 45 heavy (non-hydrogen) atoms. The van der Waals surface area contributed by atoms with Crippen LogP contribution in [0.15, 0.2) is 54.6 Å². The van der Waals surface area contributed by atoms with Crippen molar-refractivity contribution in [1.29, 1.82) is 5.41 Å². The molecule has 0 atom stereocenters. The maximum Gasteiger partial charge on any atom is 0.407 e. The third-order valence-electron chi connectivity index (χ3n) is 6.56. The summed E-state index contributed by atoms with van der Waals surface area (Å²) in [5.74, 6) is 0.473. The van der Waals surface area contributed by atoms with Crippen LogP contribution in [-0.4, -0.2) is 67.7 Å². The van der Waals surface area contributed by atoms with Gasteiger partial charge >= 0.3 is 12.1 Å². The van der Waals surface area contributed by atoms with Crippen molar-refractivity contribution in [3.63, 3.8) is 0 Å². The molecular formula is C33H39N5O7. The van der Waals surface area contributed by atoms with Gasteiger partial charge in [0.1, 0.15) is 23.0 Å². The zero-order valence-electron chi connectivity index (χ0n) is 26.1. The van der Waals surface area contributed by atoms with E-state index in [1.807, 2.05) is 36.4 Å². The van der Waals surface area contributed by atoms with E-state index in [1.165, 1.54) is 7.11 Å². The lowest BCUT2D eigenvalue weighted by Crippen LogP contribution is -2.32. The Labute approximate surface area is 261 Å². The number of benzene rings is 3. The van der Waals surface area contributed by atoms with Gasteiger partial charge in [-0.2, -0.15) is 0 Å². The number of carbonyl (C=O) groups excluding carboxylic acids is 2. The van der Waals surface area contributed by atoms with Crippen LogP contribution < -0.4 is 15.8 Å². The highest BCUT2D eigenvalue weighted by atomic mass is 16.7. The van der Waals surface area contributed by atoms with Gasteiger partial charge < -0.3 is 39.7 Å². The number of nitrogens with zero attached hydrogens (tertiary/aromatic N) is 1. The third kappa shape index (κ3) is 9.03. The van der Waals surface area contributed by atoms with Gasteiger partial charge in [-0.25, -0.2) is 9.78 Å². The van der Waals surface area contributed by atoms with Crippen LogP contribution in [0.25, 0.3) is 33.5 Å². The molecular weight excluding hydrogens is 578 g/mol. The van der Waals surface area contributed by atoms with Gasteiger partial charge in [-0.05, 0) is 73.9 Å². The van der Waals surface area contributed by atoms with Crippen LogP contribution in [0.3, 0.4) is 0 Å². The minimum atomic E-state index is -0.621. The van der Waals surface area contributed by atoms with Crippen LogP contribution in [0.4, 0.5) is 4.79 Å². The van der Waals surface area contributed by atoms with Crippen LogP contribution in [-0.2, 0) is 36.7 Å². The predicted molar refractivity (Wildman–Crippen MR) is 170 cm³/mol. The largest absolute Gasteiger partial charge is 0.469 e. The van der Waals surface area contributed by atoms with E-state index < -0.39 is 17.7 Å². The number of nitrogens with two attached hydrogens (primary N) is 1. The molecule has 0 unspecified atom stereocenters. The molecule has 0 fully saturated rings. The second kappa shape index (κ2) is 14.7. The number of rotatable bonds is 13. The zero-order valence-corrected chi connectivity index (χ0v) is 26.1. The summed E-state index contributed by atoms with van der Waals surface area (Å²) < 4.78 is 27.3. The molecule has 0 saturated heterocycles. The molecule has 0 spiro atoms. The summed E-state index contributed by atoms with van der Waals surface area (Å²) in [5, 5.41) is 10.6. The van der Waals surface area contributed by atoms with E-state index in [0.29, 0.717) is 58.1 Å². The van der Waals surface area contributed by atoms with Gasteiger partial charge in [0.05, 0.1) is 43.3 Å². The van der Waals surface area contributed by atoms with E-state index in [0.717, 1.165) is 11.1 Å². The van der Waals surface area contributed by atoms with E-state index in [-0.39, 0.29) is 25.6 Å². The standard InChI is InChI=1S/C33H39N5O7/c1-33(2,3)45-32(40)36-18-20-7-6-8-22(13-20)24-14-21(16-28(39)42-5)15-25(29(24)44-19-43-12-11-41-4)31-37-26-10-9-23(30(34)35)17-27(26)38-31/h6-10,13-15,17H,11-12,16,18-19H2,1-5H3,(H3,34,35)(H,36,40)(H,37,38). The highest BCUT2D eigenvalue weighted by Crippen LogP contribution is 2.40. The first-order chi connectivity index (χ1) is 21.5. The van der Waals surface area contributed by atoms with Gasteiger partial charge in [-0.3, -0.25) is 10.2 Å². The molecule has 0 bridgehead atoms.